The van der Waals surface area contributed by atoms with Crippen molar-refractivity contribution < 1.29 is 28.6 Å². The van der Waals surface area contributed by atoms with Gasteiger partial charge < -0.3 is 24.8 Å². The normalized spacial score (nSPS) is 17.9. The Morgan fingerprint density at radius 1 is 0.800 bits per heavy atom. The van der Waals surface area contributed by atoms with Crippen LogP contribution in [0, 0.1) is 17.7 Å². The average molecular weight is 851 g/mol. The standard InChI is InChI=1S/C42H39IN6O6/c1-4-44-38(50)34-33(54-40(51)27-15-7-5-8-16-27)35(55-41(52)28-17-9-6-10-18-28)39(53-34)49-24-46-32-36(47-42(43)48-37(32)49)45-23-31(29-19-11-13-25(2)21-29)30-20-12-14-26(3)22-30/h5-22,24,31,33-35,39H,4,23H2,1-3H3,(H,44,50)(H,45,47,48)/t33-,34+,35-,39-/m1/s1. The summed E-state index contributed by atoms with van der Waals surface area (Å²) >= 11 is 2.04. The van der Waals surface area contributed by atoms with Gasteiger partial charge in [0.2, 0.25) is 0 Å². The number of anilines is 1. The van der Waals surface area contributed by atoms with Gasteiger partial charge in [-0.25, -0.2) is 24.5 Å². The zero-order valence-electron chi connectivity index (χ0n) is 30.4. The first-order valence-electron chi connectivity index (χ1n) is 17.9. The maximum absolute atomic E-state index is 13.6. The number of halogens is 1. The first kappa shape index (κ1) is 37.6. The molecule has 1 aliphatic rings. The third-order valence-electron chi connectivity index (χ3n) is 9.33. The van der Waals surface area contributed by atoms with Gasteiger partial charge in [-0.15, -0.1) is 0 Å². The summed E-state index contributed by atoms with van der Waals surface area (Å²) in [7, 11) is 0. The van der Waals surface area contributed by atoms with Crippen molar-refractivity contribution in [1.29, 1.82) is 0 Å². The Morgan fingerprint density at radius 2 is 1.38 bits per heavy atom. The number of amides is 1. The molecule has 0 saturated carbocycles. The number of aryl methyl sites for hydroxylation is 2. The molecule has 12 nitrogen and oxygen atoms in total. The lowest BCUT2D eigenvalue weighted by Crippen LogP contribution is -2.46. The highest BCUT2D eigenvalue weighted by Crippen LogP contribution is 2.38. The van der Waals surface area contributed by atoms with Gasteiger partial charge in [0.1, 0.15) is 0 Å². The van der Waals surface area contributed by atoms with Gasteiger partial charge in [0, 0.05) is 41.6 Å². The molecular formula is C42H39IN6O6. The number of nitrogens with one attached hydrogen (secondary N) is 2. The second-order valence-corrected chi connectivity index (χ2v) is 14.2. The minimum atomic E-state index is -1.34. The molecule has 55 heavy (non-hydrogen) atoms. The van der Waals surface area contributed by atoms with Crippen LogP contribution in [0.5, 0.6) is 0 Å². The van der Waals surface area contributed by atoms with E-state index < -0.39 is 42.4 Å². The Balaban J connectivity index is 1.27. The zero-order valence-corrected chi connectivity index (χ0v) is 32.5. The van der Waals surface area contributed by atoms with E-state index in [9.17, 15) is 14.4 Å². The first-order chi connectivity index (χ1) is 26.7. The lowest BCUT2D eigenvalue weighted by atomic mass is 9.89. The van der Waals surface area contributed by atoms with Crippen molar-refractivity contribution in [1.82, 2.24) is 24.8 Å². The van der Waals surface area contributed by atoms with Crippen LogP contribution >= 0.6 is 22.6 Å². The summed E-state index contributed by atoms with van der Waals surface area (Å²) in [5.74, 6) is -1.46. The molecule has 1 saturated heterocycles. The van der Waals surface area contributed by atoms with Crippen molar-refractivity contribution in [2.45, 2.75) is 51.2 Å². The number of hydrogen-bond acceptors (Lipinski definition) is 10. The van der Waals surface area contributed by atoms with Crippen LogP contribution in [-0.4, -0.2) is 68.8 Å². The van der Waals surface area contributed by atoms with E-state index >= 15 is 0 Å². The van der Waals surface area contributed by atoms with Crippen LogP contribution in [-0.2, 0) is 19.0 Å². The number of fused-ring (bicyclic) bond motifs is 1. The number of benzene rings is 4. The molecule has 0 aliphatic carbocycles. The number of rotatable bonds is 12. The molecule has 4 atom stereocenters. The van der Waals surface area contributed by atoms with Gasteiger partial charge in [-0.2, -0.15) is 0 Å². The van der Waals surface area contributed by atoms with E-state index in [-0.39, 0.29) is 23.6 Å². The number of ether oxygens (including phenoxy) is 3. The number of likely N-dealkylation sites (N-methyl/N-ethyl adjacent to an activating group) is 1. The van der Waals surface area contributed by atoms with Crippen molar-refractivity contribution >= 4 is 57.4 Å². The molecule has 1 fully saturated rings. The van der Waals surface area contributed by atoms with Crippen molar-refractivity contribution in [2.75, 3.05) is 18.4 Å². The van der Waals surface area contributed by atoms with Crippen LogP contribution in [0.25, 0.3) is 11.2 Å². The van der Waals surface area contributed by atoms with Crippen LogP contribution in [0.1, 0.15) is 62.0 Å². The fraction of sp³-hybridized carbons (Fsp3) is 0.238. The monoisotopic (exact) mass is 850 g/mol. The average Bonchev–Trinajstić information content (AvgIpc) is 3.76. The predicted molar refractivity (Wildman–Crippen MR) is 215 cm³/mol. The molecule has 2 aromatic heterocycles. The number of aromatic nitrogens is 4. The number of nitrogens with zero attached hydrogens (tertiary/aromatic N) is 4. The van der Waals surface area contributed by atoms with Gasteiger partial charge in [0.25, 0.3) is 5.91 Å². The highest BCUT2D eigenvalue weighted by atomic mass is 127. The molecule has 0 unspecified atom stereocenters. The summed E-state index contributed by atoms with van der Waals surface area (Å²) < 4.78 is 20.5. The summed E-state index contributed by atoms with van der Waals surface area (Å²) in [6.07, 6.45) is -3.64. The maximum Gasteiger partial charge on any atom is 0.338 e. The molecule has 280 valence electrons. The van der Waals surface area contributed by atoms with E-state index in [2.05, 4.69) is 73.0 Å². The van der Waals surface area contributed by atoms with Gasteiger partial charge in [-0.3, -0.25) is 9.36 Å². The van der Waals surface area contributed by atoms with E-state index in [4.69, 9.17) is 29.2 Å². The minimum Gasteiger partial charge on any atom is -0.451 e. The molecule has 3 heterocycles. The third kappa shape index (κ3) is 8.37. The van der Waals surface area contributed by atoms with E-state index in [1.807, 2.05) is 22.6 Å². The molecule has 0 bridgehead atoms. The summed E-state index contributed by atoms with van der Waals surface area (Å²) in [6, 6.07) is 33.7. The largest absolute Gasteiger partial charge is 0.451 e. The smallest absolute Gasteiger partial charge is 0.338 e. The van der Waals surface area contributed by atoms with E-state index in [0.29, 0.717) is 27.4 Å². The van der Waals surface area contributed by atoms with Crippen molar-refractivity contribution in [3.63, 3.8) is 0 Å². The van der Waals surface area contributed by atoms with Gasteiger partial charge in [-0.1, -0.05) is 96.1 Å². The fourth-order valence-electron chi connectivity index (χ4n) is 6.74. The van der Waals surface area contributed by atoms with Gasteiger partial charge in [0.05, 0.1) is 17.5 Å². The number of carbonyl (C=O) groups excluding carboxylic acids is 3. The molecule has 0 spiro atoms. The summed E-state index contributed by atoms with van der Waals surface area (Å²) in [4.78, 5) is 54.9. The van der Waals surface area contributed by atoms with E-state index in [1.165, 1.54) is 6.33 Å². The van der Waals surface area contributed by atoms with Crippen molar-refractivity contribution in [2.24, 2.45) is 0 Å². The highest BCUT2D eigenvalue weighted by Gasteiger charge is 2.54. The molecule has 13 heteroatoms. The van der Waals surface area contributed by atoms with Crippen LogP contribution in [0.15, 0.2) is 116 Å². The van der Waals surface area contributed by atoms with Gasteiger partial charge >= 0.3 is 11.9 Å². The highest BCUT2D eigenvalue weighted by molar-refractivity contribution is 14.1. The van der Waals surface area contributed by atoms with Gasteiger partial charge in [-0.05, 0) is 56.2 Å². The van der Waals surface area contributed by atoms with Crippen molar-refractivity contribution in [3.05, 3.63) is 153 Å². The molecule has 6 aromatic rings. The van der Waals surface area contributed by atoms with E-state index in [0.717, 1.165) is 22.3 Å². The van der Waals surface area contributed by atoms with Crippen LogP contribution in [0.3, 0.4) is 0 Å². The van der Waals surface area contributed by atoms with Crippen LogP contribution in [0.4, 0.5) is 5.82 Å². The molecule has 1 aliphatic heterocycles. The lowest BCUT2D eigenvalue weighted by molar-refractivity contribution is -0.137. The summed E-state index contributed by atoms with van der Waals surface area (Å²) in [6.45, 7) is 6.70. The number of esters is 2. The fourth-order valence-corrected chi connectivity index (χ4v) is 7.20. The predicted octanol–water partition coefficient (Wildman–Crippen LogP) is 6.78. The molecule has 1 amide bonds. The number of hydrogen-bond donors (Lipinski definition) is 2. The third-order valence-corrected chi connectivity index (χ3v) is 9.82. The molecule has 7 rings (SSSR count). The Morgan fingerprint density at radius 3 is 1.95 bits per heavy atom. The Hall–Kier alpha value is -5.67. The minimum absolute atomic E-state index is 0.0117. The second kappa shape index (κ2) is 16.8. The Labute approximate surface area is 331 Å². The number of carbonyl (C=O) groups is 3. The Kier molecular flexibility index (Phi) is 11.5. The SMILES string of the molecule is CCNC(=O)[C@H]1O[C@@H](n2cnc3c(NCC(c4cccc(C)c4)c4cccc(C)c4)nc(I)nc32)[C@H](OC(=O)c2ccccc2)[C@@H]1OC(=O)c1ccccc1. The topological polar surface area (TPSA) is 147 Å². The molecule has 4 aromatic carbocycles. The van der Waals surface area contributed by atoms with Crippen LogP contribution in [0.2, 0.25) is 0 Å². The molecular weight excluding hydrogens is 811 g/mol. The van der Waals surface area contributed by atoms with E-state index in [1.54, 1.807) is 72.2 Å². The van der Waals surface area contributed by atoms with Crippen LogP contribution < -0.4 is 10.6 Å². The van der Waals surface area contributed by atoms with Crippen molar-refractivity contribution in [3.8, 4) is 0 Å². The molecule has 2 N–H and O–H groups in total. The number of imidazole rings is 1. The maximum atomic E-state index is 13.6. The first-order valence-corrected chi connectivity index (χ1v) is 19.0. The Bertz CT molecular complexity index is 2280. The quantitative estimate of drug-likeness (QED) is 0.0768. The zero-order chi connectivity index (χ0) is 38.5. The summed E-state index contributed by atoms with van der Waals surface area (Å²) in [5, 5.41) is 6.30. The lowest BCUT2D eigenvalue weighted by Gasteiger charge is -2.24. The van der Waals surface area contributed by atoms with Gasteiger partial charge in [0.15, 0.2) is 45.4 Å². The second-order valence-electron chi connectivity index (χ2n) is 13.2. The summed E-state index contributed by atoms with van der Waals surface area (Å²) in [5.41, 5.74) is 5.94. The molecule has 0 radical (unpaired) electrons.